The third-order valence-electron chi connectivity index (χ3n) is 2.60. The van der Waals surface area contributed by atoms with Crippen molar-refractivity contribution in [1.82, 2.24) is 0 Å². The molecule has 5 heteroatoms. The average molecular weight is 289 g/mol. The second-order valence-corrected chi connectivity index (χ2v) is 5.45. The van der Waals surface area contributed by atoms with Gasteiger partial charge in [0.15, 0.2) is 0 Å². The summed E-state index contributed by atoms with van der Waals surface area (Å²) >= 11 is 1.43. The van der Waals surface area contributed by atoms with Crippen molar-refractivity contribution in [2.75, 3.05) is 11.9 Å². The summed E-state index contributed by atoms with van der Waals surface area (Å²) in [6, 6.07) is 10.4. The van der Waals surface area contributed by atoms with E-state index in [1.165, 1.54) is 11.3 Å². The minimum Gasteiger partial charge on any atom is -0.462 e. The van der Waals surface area contributed by atoms with Crippen LogP contribution < -0.4 is 5.32 Å². The normalized spacial score (nSPS) is 10.1. The molecular formula is C15H15NO3S. The Balaban J connectivity index is 2.12. The number of nitrogens with one attached hydrogen (secondary N) is 1. The summed E-state index contributed by atoms with van der Waals surface area (Å²) in [5, 5.41) is 2.77. The van der Waals surface area contributed by atoms with E-state index in [1.807, 2.05) is 13.0 Å². The van der Waals surface area contributed by atoms with Crippen LogP contribution in [0.1, 0.15) is 31.8 Å². The second-order valence-electron chi connectivity index (χ2n) is 4.17. The van der Waals surface area contributed by atoms with Crippen molar-refractivity contribution in [1.29, 1.82) is 0 Å². The molecule has 20 heavy (non-hydrogen) atoms. The van der Waals surface area contributed by atoms with Crippen LogP contribution in [-0.4, -0.2) is 18.5 Å². The number of anilines is 1. The number of carbonyl (C=O) groups is 2. The van der Waals surface area contributed by atoms with Gasteiger partial charge in [0.25, 0.3) is 5.91 Å². The highest BCUT2D eigenvalue weighted by molar-refractivity contribution is 7.14. The molecule has 104 valence electrons. The Kier molecular flexibility index (Phi) is 4.53. The topological polar surface area (TPSA) is 55.4 Å². The number of ether oxygens (including phenoxy) is 1. The zero-order valence-electron chi connectivity index (χ0n) is 11.3. The van der Waals surface area contributed by atoms with Crippen LogP contribution in [0.25, 0.3) is 0 Å². The van der Waals surface area contributed by atoms with Crippen LogP contribution in [-0.2, 0) is 4.74 Å². The van der Waals surface area contributed by atoms with Gasteiger partial charge in [0.2, 0.25) is 0 Å². The van der Waals surface area contributed by atoms with Crippen LogP contribution in [0.15, 0.2) is 36.4 Å². The number of aryl methyl sites for hydroxylation is 1. The SMILES string of the molecule is CCOC(=O)c1cccc(NC(=O)c2ccc(C)s2)c1. The van der Waals surface area contributed by atoms with Crippen molar-refractivity contribution < 1.29 is 14.3 Å². The van der Waals surface area contributed by atoms with E-state index in [-0.39, 0.29) is 5.91 Å². The van der Waals surface area contributed by atoms with Gasteiger partial charge in [0, 0.05) is 10.6 Å². The van der Waals surface area contributed by atoms with Gasteiger partial charge in [-0.2, -0.15) is 0 Å². The third kappa shape index (κ3) is 3.45. The molecule has 2 rings (SSSR count). The van der Waals surface area contributed by atoms with E-state index in [0.717, 1.165) is 4.88 Å². The van der Waals surface area contributed by atoms with Crippen molar-refractivity contribution in [2.24, 2.45) is 0 Å². The summed E-state index contributed by atoms with van der Waals surface area (Å²) in [5.41, 5.74) is 0.999. The molecule has 0 spiro atoms. The lowest BCUT2D eigenvalue weighted by molar-refractivity contribution is 0.0526. The fourth-order valence-electron chi connectivity index (χ4n) is 1.69. The predicted molar refractivity (Wildman–Crippen MR) is 79.4 cm³/mol. The molecular weight excluding hydrogens is 274 g/mol. The van der Waals surface area contributed by atoms with Crippen LogP contribution in [0.2, 0.25) is 0 Å². The average Bonchev–Trinajstić information content (AvgIpc) is 2.86. The summed E-state index contributed by atoms with van der Waals surface area (Å²) in [6.07, 6.45) is 0. The van der Waals surface area contributed by atoms with Gasteiger partial charge in [-0.25, -0.2) is 4.79 Å². The Labute approximate surface area is 121 Å². The van der Waals surface area contributed by atoms with E-state index < -0.39 is 5.97 Å². The first kappa shape index (κ1) is 14.3. The maximum Gasteiger partial charge on any atom is 0.338 e. The number of rotatable bonds is 4. The number of carbonyl (C=O) groups excluding carboxylic acids is 2. The van der Waals surface area contributed by atoms with Crippen LogP contribution in [0.3, 0.4) is 0 Å². The minimum absolute atomic E-state index is 0.177. The Morgan fingerprint density at radius 2 is 2.05 bits per heavy atom. The van der Waals surface area contributed by atoms with E-state index in [9.17, 15) is 9.59 Å². The van der Waals surface area contributed by atoms with Crippen LogP contribution in [0.5, 0.6) is 0 Å². The number of benzene rings is 1. The quantitative estimate of drug-likeness (QED) is 0.877. The van der Waals surface area contributed by atoms with Crippen LogP contribution in [0.4, 0.5) is 5.69 Å². The van der Waals surface area contributed by atoms with Crippen molar-refractivity contribution in [3.05, 3.63) is 51.7 Å². The second kappa shape index (κ2) is 6.34. The van der Waals surface area contributed by atoms with Gasteiger partial charge < -0.3 is 10.1 Å². The zero-order chi connectivity index (χ0) is 14.5. The van der Waals surface area contributed by atoms with E-state index in [1.54, 1.807) is 37.3 Å². The number of thiophene rings is 1. The summed E-state index contributed by atoms with van der Waals surface area (Å²) in [5.74, 6) is -0.570. The standard InChI is InChI=1S/C15H15NO3S/c1-3-19-15(18)11-5-4-6-12(9-11)16-14(17)13-8-7-10(2)20-13/h4-9H,3H2,1-2H3,(H,16,17). The fraction of sp³-hybridized carbons (Fsp3) is 0.200. The highest BCUT2D eigenvalue weighted by Crippen LogP contribution is 2.18. The number of amides is 1. The van der Waals surface area contributed by atoms with E-state index in [2.05, 4.69) is 5.32 Å². The molecule has 0 aliphatic carbocycles. The van der Waals surface area contributed by atoms with Crippen molar-refractivity contribution in [3.8, 4) is 0 Å². The van der Waals surface area contributed by atoms with Gasteiger partial charge in [-0.1, -0.05) is 6.07 Å². The van der Waals surface area contributed by atoms with Gasteiger partial charge in [-0.3, -0.25) is 4.79 Å². The Morgan fingerprint density at radius 3 is 2.70 bits per heavy atom. The zero-order valence-corrected chi connectivity index (χ0v) is 12.1. The smallest absolute Gasteiger partial charge is 0.338 e. The molecule has 1 N–H and O–H groups in total. The molecule has 0 radical (unpaired) electrons. The summed E-state index contributed by atoms with van der Waals surface area (Å²) in [6.45, 7) is 4.02. The summed E-state index contributed by atoms with van der Waals surface area (Å²) in [7, 11) is 0. The van der Waals surface area contributed by atoms with Crippen LogP contribution in [0, 0.1) is 6.92 Å². The molecule has 0 fully saturated rings. The molecule has 1 aromatic carbocycles. The molecule has 2 aromatic rings. The molecule has 1 heterocycles. The van der Waals surface area contributed by atoms with Gasteiger partial charge in [-0.05, 0) is 44.2 Å². The summed E-state index contributed by atoms with van der Waals surface area (Å²) < 4.78 is 4.93. The first-order chi connectivity index (χ1) is 9.60. The monoisotopic (exact) mass is 289 g/mol. The van der Waals surface area contributed by atoms with E-state index >= 15 is 0 Å². The third-order valence-corrected chi connectivity index (χ3v) is 3.60. The lowest BCUT2D eigenvalue weighted by atomic mass is 10.2. The molecule has 0 aliphatic heterocycles. The lowest BCUT2D eigenvalue weighted by Crippen LogP contribution is -2.11. The molecule has 1 amide bonds. The molecule has 0 bridgehead atoms. The van der Waals surface area contributed by atoms with Gasteiger partial charge in [0.05, 0.1) is 17.0 Å². The molecule has 4 nitrogen and oxygen atoms in total. The number of hydrogen-bond donors (Lipinski definition) is 1. The Morgan fingerprint density at radius 1 is 1.25 bits per heavy atom. The predicted octanol–water partition coefficient (Wildman–Crippen LogP) is 3.49. The van der Waals surface area contributed by atoms with Crippen molar-refractivity contribution in [2.45, 2.75) is 13.8 Å². The Hall–Kier alpha value is -2.14. The molecule has 0 saturated heterocycles. The molecule has 0 atom stereocenters. The highest BCUT2D eigenvalue weighted by atomic mass is 32.1. The number of hydrogen-bond acceptors (Lipinski definition) is 4. The van der Waals surface area contributed by atoms with Gasteiger partial charge >= 0.3 is 5.97 Å². The molecule has 0 aliphatic rings. The highest BCUT2D eigenvalue weighted by Gasteiger charge is 2.11. The van der Waals surface area contributed by atoms with Gasteiger partial charge in [-0.15, -0.1) is 11.3 Å². The first-order valence-electron chi connectivity index (χ1n) is 6.25. The van der Waals surface area contributed by atoms with Crippen molar-refractivity contribution >= 4 is 28.9 Å². The van der Waals surface area contributed by atoms with Crippen molar-refractivity contribution in [3.63, 3.8) is 0 Å². The molecule has 1 aromatic heterocycles. The first-order valence-corrected chi connectivity index (χ1v) is 7.06. The van der Waals surface area contributed by atoms with E-state index in [4.69, 9.17) is 4.74 Å². The lowest BCUT2D eigenvalue weighted by Gasteiger charge is -2.06. The Bertz CT molecular complexity index is 634. The maximum absolute atomic E-state index is 12.0. The maximum atomic E-state index is 12.0. The molecule has 0 saturated carbocycles. The van der Waals surface area contributed by atoms with Crippen LogP contribution >= 0.6 is 11.3 Å². The van der Waals surface area contributed by atoms with E-state index in [0.29, 0.717) is 22.7 Å². The largest absolute Gasteiger partial charge is 0.462 e. The number of esters is 1. The summed E-state index contributed by atoms with van der Waals surface area (Å²) in [4.78, 5) is 25.4. The molecule has 0 unspecified atom stereocenters. The minimum atomic E-state index is -0.393. The fourth-order valence-corrected chi connectivity index (χ4v) is 2.45. The van der Waals surface area contributed by atoms with Gasteiger partial charge in [0.1, 0.15) is 0 Å².